The lowest BCUT2D eigenvalue weighted by Gasteiger charge is -2.22. The quantitative estimate of drug-likeness (QED) is 0.339. The predicted octanol–water partition coefficient (Wildman–Crippen LogP) is 5.56. The Balaban J connectivity index is 1.57. The molecule has 0 unspecified atom stereocenters. The summed E-state index contributed by atoms with van der Waals surface area (Å²) in [6, 6.07) is 27.4. The van der Waals surface area contributed by atoms with Crippen molar-refractivity contribution >= 4 is 17.7 Å². The average molecular weight is 456 g/mol. The maximum Gasteiger partial charge on any atom is 0.341 e. The van der Waals surface area contributed by atoms with Crippen LogP contribution in [0.1, 0.15) is 33.3 Å². The zero-order chi connectivity index (χ0) is 23.8. The summed E-state index contributed by atoms with van der Waals surface area (Å²) in [5.41, 5.74) is 2.48. The Kier molecular flexibility index (Phi) is 7.25. The second kappa shape index (κ2) is 10.9. The Morgan fingerprint density at radius 3 is 2.15 bits per heavy atom. The molecule has 0 aliphatic carbocycles. The number of ether oxygens (including phenoxy) is 2. The largest absolute Gasteiger partial charge is 0.480 e. The van der Waals surface area contributed by atoms with E-state index >= 15 is 0 Å². The van der Waals surface area contributed by atoms with Gasteiger partial charge in [0, 0.05) is 5.69 Å². The van der Waals surface area contributed by atoms with Crippen LogP contribution < -0.4 is 15.4 Å². The fraction of sp³-hybridized carbons (Fsp3) is 0.111. The van der Waals surface area contributed by atoms with Gasteiger partial charge in [-0.15, -0.1) is 0 Å². The first-order chi connectivity index (χ1) is 16.6. The van der Waals surface area contributed by atoms with Crippen molar-refractivity contribution in [1.29, 1.82) is 0 Å². The number of nitrogens with one attached hydrogen (secondary N) is 2. The second-order valence-corrected chi connectivity index (χ2v) is 7.41. The topological polar surface area (TPSA) is 89.8 Å². The molecular weight excluding hydrogens is 432 g/mol. The van der Waals surface area contributed by atoms with E-state index in [9.17, 15) is 9.59 Å². The van der Waals surface area contributed by atoms with Gasteiger partial charge < -0.3 is 24.5 Å². The Bertz CT molecular complexity index is 1190. The lowest BCUT2D eigenvalue weighted by atomic mass is 10.0. The molecule has 0 atom stereocenters. The first-order valence-electron chi connectivity index (χ1n) is 10.7. The van der Waals surface area contributed by atoms with Crippen molar-refractivity contribution in [2.24, 2.45) is 0 Å². The maximum atomic E-state index is 12.6. The van der Waals surface area contributed by atoms with Crippen LogP contribution in [-0.2, 0) is 11.3 Å². The summed E-state index contributed by atoms with van der Waals surface area (Å²) in [5, 5.41) is 5.41. The number of carbonyl (C=O) groups excluding carboxylic acids is 2. The fourth-order valence-corrected chi connectivity index (χ4v) is 3.45. The highest BCUT2D eigenvalue weighted by atomic mass is 16.5. The van der Waals surface area contributed by atoms with Gasteiger partial charge in [0.15, 0.2) is 0 Å². The van der Waals surface area contributed by atoms with Gasteiger partial charge in [-0.3, -0.25) is 0 Å². The van der Waals surface area contributed by atoms with Gasteiger partial charge in [-0.25, -0.2) is 9.59 Å². The molecule has 1 aromatic heterocycles. The summed E-state index contributed by atoms with van der Waals surface area (Å²) in [6.07, 6.45) is 1.09. The highest BCUT2D eigenvalue weighted by Crippen LogP contribution is 2.32. The van der Waals surface area contributed by atoms with E-state index in [2.05, 4.69) is 10.6 Å². The van der Waals surface area contributed by atoms with E-state index in [0.29, 0.717) is 17.2 Å². The molecule has 4 rings (SSSR count). The Labute approximate surface area is 197 Å². The molecule has 7 nitrogen and oxygen atoms in total. The standard InChI is InChI=1S/C27H24N2O5/c1-32-26(30)23-17-21(29-27(31)28-18-22-13-8-16-33-22)14-15-24(23)34-25(19-9-4-2-5-10-19)20-11-6-3-7-12-20/h2-17,25H,18H2,1H3,(H2,28,29,31). The van der Waals surface area contributed by atoms with Gasteiger partial charge in [-0.05, 0) is 41.5 Å². The van der Waals surface area contributed by atoms with Crippen molar-refractivity contribution < 1.29 is 23.5 Å². The molecule has 0 saturated heterocycles. The number of anilines is 1. The van der Waals surface area contributed by atoms with Crippen LogP contribution in [0.15, 0.2) is 102 Å². The van der Waals surface area contributed by atoms with Gasteiger partial charge in [0.1, 0.15) is 23.2 Å². The minimum absolute atomic E-state index is 0.197. The molecule has 2 N–H and O–H groups in total. The first-order valence-corrected chi connectivity index (χ1v) is 10.7. The van der Waals surface area contributed by atoms with Crippen LogP contribution in [0.3, 0.4) is 0 Å². The van der Waals surface area contributed by atoms with Crippen LogP contribution >= 0.6 is 0 Å². The smallest absolute Gasteiger partial charge is 0.341 e. The third-order valence-electron chi connectivity index (χ3n) is 5.10. The molecule has 2 amide bonds. The molecule has 0 bridgehead atoms. The lowest BCUT2D eigenvalue weighted by Crippen LogP contribution is -2.28. The maximum absolute atomic E-state index is 12.6. The molecule has 34 heavy (non-hydrogen) atoms. The normalized spacial score (nSPS) is 10.5. The zero-order valence-electron chi connectivity index (χ0n) is 18.6. The SMILES string of the molecule is COC(=O)c1cc(NC(=O)NCc2ccco2)ccc1OC(c1ccccc1)c1ccccc1. The van der Waals surface area contributed by atoms with Gasteiger partial charge in [-0.1, -0.05) is 60.7 Å². The minimum Gasteiger partial charge on any atom is -0.480 e. The van der Waals surface area contributed by atoms with Crippen molar-refractivity contribution in [3.63, 3.8) is 0 Å². The number of furan rings is 1. The highest BCUT2D eigenvalue weighted by Gasteiger charge is 2.21. The number of esters is 1. The molecule has 172 valence electrons. The predicted molar refractivity (Wildman–Crippen MR) is 128 cm³/mol. The number of carbonyl (C=O) groups is 2. The molecule has 0 fully saturated rings. The van der Waals surface area contributed by atoms with E-state index in [1.165, 1.54) is 19.4 Å². The summed E-state index contributed by atoms with van der Waals surface area (Å²) >= 11 is 0. The summed E-state index contributed by atoms with van der Waals surface area (Å²) in [5.74, 6) is 0.391. The van der Waals surface area contributed by atoms with Crippen molar-refractivity contribution in [1.82, 2.24) is 5.32 Å². The monoisotopic (exact) mass is 456 g/mol. The molecule has 0 aliphatic heterocycles. The molecule has 3 aromatic carbocycles. The summed E-state index contributed by atoms with van der Waals surface area (Å²) in [7, 11) is 1.30. The minimum atomic E-state index is -0.575. The van der Waals surface area contributed by atoms with E-state index in [0.717, 1.165) is 11.1 Å². The first kappa shape index (κ1) is 22.7. The molecule has 0 saturated carbocycles. The Morgan fingerprint density at radius 2 is 1.56 bits per heavy atom. The van der Waals surface area contributed by atoms with Gasteiger partial charge in [-0.2, -0.15) is 0 Å². The van der Waals surface area contributed by atoms with Crippen LogP contribution in [-0.4, -0.2) is 19.1 Å². The van der Waals surface area contributed by atoms with E-state index < -0.39 is 18.1 Å². The number of hydrogen-bond acceptors (Lipinski definition) is 5. The second-order valence-electron chi connectivity index (χ2n) is 7.41. The molecule has 4 aromatic rings. The number of hydrogen-bond donors (Lipinski definition) is 2. The number of urea groups is 1. The van der Waals surface area contributed by atoms with Gasteiger partial charge in [0.25, 0.3) is 0 Å². The number of amides is 2. The summed E-state index contributed by atoms with van der Waals surface area (Å²) in [4.78, 5) is 24.8. The molecule has 0 aliphatic rings. The van der Waals surface area contributed by atoms with Gasteiger partial charge in [0.2, 0.25) is 0 Å². The van der Waals surface area contributed by atoms with E-state index in [4.69, 9.17) is 13.9 Å². The molecule has 0 spiro atoms. The van der Waals surface area contributed by atoms with Crippen molar-refractivity contribution in [2.75, 3.05) is 12.4 Å². The van der Waals surface area contributed by atoms with Crippen molar-refractivity contribution in [2.45, 2.75) is 12.6 Å². The Hall–Kier alpha value is -4.52. The van der Waals surface area contributed by atoms with Crippen molar-refractivity contribution in [3.05, 3.63) is 120 Å². The number of rotatable bonds is 8. The van der Waals surface area contributed by atoms with Gasteiger partial charge >= 0.3 is 12.0 Å². The lowest BCUT2D eigenvalue weighted by molar-refractivity contribution is 0.0594. The molecule has 7 heteroatoms. The third kappa shape index (κ3) is 5.63. The van der Waals surface area contributed by atoms with E-state index in [1.807, 2.05) is 60.7 Å². The summed E-state index contributed by atoms with van der Waals surface area (Å²) in [6.45, 7) is 0.236. The highest BCUT2D eigenvalue weighted by molar-refractivity contribution is 5.96. The average Bonchev–Trinajstić information content (AvgIpc) is 3.41. The van der Waals surface area contributed by atoms with Crippen LogP contribution in [0.5, 0.6) is 5.75 Å². The third-order valence-corrected chi connectivity index (χ3v) is 5.10. The van der Waals surface area contributed by atoms with Gasteiger partial charge in [0.05, 0.1) is 19.9 Å². The molecule has 0 radical (unpaired) electrons. The fourth-order valence-electron chi connectivity index (χ4n) is 3.45. The van der Waals surface area contributed by atoms with Crippen LogP contribution in [0, 0.1) is 0 Å². The van der Waals surface area contributed by atoms with Crippen molar-refractivity contribution in [3.8, 4) is 5.75 Å². The van der Waals surface area contributed by atoms with Crippen LogP contribution in [0.2, 0.25) is 0 Å². The van der Waals surface area contributed by atoms with E-state index in [1.54, 1.807) is 24.3 Å². The molecular formula is C27H24N2O5. The van der Waals surface area contributed by atoms with Crippen LogP contribution in [0.4, 0.5) is 10.5 Å². The number of benzene rings is 3. The summed E-state index contributed by atoms with van der Waals surface area (Å²) < 4.78 is 16.5. The number of methoxy groups -OCH3 is 1. The molecule has 1 heterocycles. The Morgan fingerprint density at radius 1 is 0.882 bits per heavy atom. The van der Waals surface area contributed by atoms with E-state index in [-0.39, 0.29) is 12.1 Å². The van der Waals surface area contributed by atoms with Crippen LogP contribution in [0.25, 0.3) is 0 Å². The zero-order valence-corrected chi connectivity index (χ0v) is 18.6.